The third-order valence-corrected chi connectivity index (χ3v) is 2.54. The van der Waals surface area contributed by atoms with Crippen LogP contribution in [0.1, 0.15) is 15.9 Å². The second-order valence-electron chi connectivity index (χ2n) is 4.01. The molecule has 3 N–H and O–H groups in total. The van der Waals surface area contributed by atoms with Crippen LogP contribution in [0.2, 0.25) is 0 Å². The van der Waals surface area contributed by atoms with Crippen LogP contribution in [-0.2, 0) is 6.54 Å². The number of aromatic nitrogens is 2. The van der Waals surface area contributed by atoms with Crippen molar-refractivity contribution in [1.82, 2.24) is 15.1 Å². The molecular formula is C12H13FN4O. The van der Waals surface area contributed by atoms with Gasteiger partial charge >= 0.3 is 0 Å². The molecule has 0 unspecified atom stereocenters. The fourth-order valence-corrected chi connectivity index (χ4v) is 1.62. The number of hydrogen-bond acceptors (Lipinski definition) is 3. The summed E-state index contributed by atoms with van der Waals surface area (Å²) < 4.78 is 13.6. The molecule has 0 aliphatic heterocycles. The topological polar surface area (TPSA) is 75.0 Å². The lowest BCUT2D eigenvalue weighted by Gasteiger charge is -2.16. The van der Waals surface area contributed by atoms with E-state index in [0.29, 0.717) is 12.2 Å². The van der Waals surface area contributed by atoms with Crippen LogP contribution in [0.4, 0.5) is 10.1 Å². The van der Waals surface area contributed by atoms with Crippen LogP contribution < -0.4 is 5.73 Å². The smallest absolute Gasteiger partial charge is 0.256 e. The van der Waals surface area contributed by atoms with Crippen molar-refractivity contribution in [3.63, 3.8) is 0 Å². The van der Waals surface area contributed by atoms with Crippen LogP contribution in [0.3, 0.4) is 0 Å². The minimum absolute atomic E-state index is 0.00944. The van der Waals surface area contributed by atoms with Crippen LogP contribution >= 0.6 is 0 Å². The molecule has 0 bridgehead atoms. The average molecular weight is 248 g/mol. The number of benzene rings is 1. The first-order valence-corrected chi connectivity index (χ1v) is 5.36. The fourth-order valence-electron chi connectivity index (χ4n) is 1.62. The third-order valence-electron chi connectivity index (χ3n) is 2.54. The van der Waals surface area contributed by atoms with E-state index in [1.807, 2.05) is 0 Å². The van der Waals surface area contributed by atoms with Gasteiger partial charge in [-0.2, -0.15) is 5.10 Å². The number of amides is 1. The molecule has 1 heterocycles. The molecule has 0 aliphatic rings. The van der Waals surface area contributed by atoms with Crippen molar-refractivity contribution in [2.45, 2.75) is 6.54 Å². The second kappa shape index (κ2) is 4.87. The Morgan fingerprint density at radius 2 is 2.33 bits per heavy atom. The Kier molecular flexibility index (Phi) is 3.27. The summed E-state index contributed by atoms with van der Waals surface area (Å²) in [5, 5.41) is 6.44. The lowest BCUT2D eigenvalue weighted by molar-refractivity contribution is 0.0780. The van der Waals surface area contributed by atoms with E-state index < -0.39 is 11.7 Å². The van der Waals surface area contributed by atoms with Gasteiger partial charge in [-0.3, -0.25) is 9.89 Å². The third kappa shape index (κ3) is 2.48. The number of nitrogens with zero attached hydrogens (tertiary/aromatic N) is 2. The standard InChI is InChI=1S/C12H13FN4O/c1-17(7-8-5-15-16-6-8)12(18)10-3-2-9(14)4-11(10)13/h2-6H,7,14H2,1H3,(H,15,16). The first-order valence-electron chi connectivity index (χ1n) is 5.36. The summed E-state index contributed by atoms with van der Waals surface area (Å²) in [6.45, 7) is 0.360. The summed E-state index contributed by atoms with van der Waals surface area (Å²) in [5.74, 6) is -1.01. The zero-order valence-corrected chi connectivity index (χ0v) is 9.85. The summed E-state index contributed by atoms with van der Waals surface area (Å²) in [5.41, 5.74) is 6.59. The number of nitrogen functional groups attached to an aromatic ring is 1. The van der Waals surface area contributed by atoms with Crippen molar-refractivity contribution in [2.24, 2.45) is 0 Å². The van der Waals surface area contributed by atoms with Gasteiger partial charge in [0, 0.05) is 31.0 Å². The fraction of sp³-hybridized carbons (Fsp3) is 0.167. The maximum atomic E-state index is 13.6. The van der Waals surface area contributed by atoms with E-state index in [-0.39, 0.29) is 5.56 Å². The van der Waals surface area contributed by atoms with Gasteiger partial charge in [0.25, 0.3) is 5.91 Å². The largest absolute Gasteiger partial charge is 0.399 e. The molecule has 1 amide bonds. The molecule has 1 aromatic heterocycles. The molecule has 6 heteroatoms. The normalized spacial score (nSPS) is 10.3. The van der Waals surface area contributed by atoms with Crippen LogP contribution in [0, 0.1) is 5.82 Å². The van der Waals surface area contributed by atoms with Gasteiger partial charge in [-0.15, -0.1) is 0 Å². The highest BCUT2D eigenvalue weighted by molar-refractivity contribution is 5.94. The van der Waals surface area contributed by atoms with E-state index in [1.54, 1.807) is 19.4 Å². The number of nitrogens with two attached hydrogens (primary N) is 1. The predicted octanol–water partition coefficient (Wildman–Crippen LogP) is 1.40. The number of carbonyl (C=O) groups is 1. The number of halogens is 1. The molecule has 0 atom stereocenters. The molecule has 18 heavy (non-hydrogen) atoms. The van der Waals surface area contributed by atoms with Crippen molar-refractivity contribution in [2.75, 3.05) is 12.8 Å². The summed E-state index contributed by atoms with van der Waals surface area (Å²) >= 11 is 0. The monoisotopic (exact) mass is 248 g/mol. The molecule has 2 rings (SSSR count). The number of rotatable bonds is 3. The Balaban J connectivity index is 2.15. The van der Waals surface area contributed by atoms with Gasteiger partial charge in [0.05, 0.1) is 11.8 Å². The number of carbonyl (C=O) groups excluding carboxylic acids is 1. The summed E-state index contributed by atoms with van der Waals surface area (Å²) in [7, 11) is 1.60. The Morgan fingerprint density at radius 3 is 2.94 bits per heavy atom. The van der Waals surface area contributed by atoms with E-state index in [4.69, 9.17) is 5.73 Å². The number of H-pyrrole nitrogens is 1. The van der Waals surface area contributed by atoms with Crippen LogP contribution in [-0.4, -0.2) is 28.1 Å². The zero-order chi connectivity index (χ0) is 13.1. The van der Waals surface area contributed by atoms with Crippen LogP contribution in [0.15, 0.2) is 30.6 Å². The molecule has 0 saturated heterocycles. The van der Waals surface area contributed by atoms with E-state index in [1.165, 1.54) is 17.0 Å². The van der Waals surface area contributed by atoms with Gasteiger partial charge in [-0.25, -0.2) is 4.39 Å². The van der Waals surface area contributed by atoms with Crippen LogP contribution in [0.5, 0.6) is 0 Å². The van der Waals surface area contributed by atoms with Gasteiger partial charge in [0.1, 0.15) is 5.82 Å². The van der Waals surface area contributed by atoms with Gasteiger partial charge < -0.3 is 10.6 Å². The Bertz CT molecular complexity index is 553. The molecule has 0 spiro atoms. The highest BCUT2D eigenvalue weighted by Crippen LogP contribution is 2.14. The quantitative estimate of drug-likeness (QED) is 0.806. The number of anilines is 1. The van der Waals surface area contributed by atoms with E-state index in [9.17, 15) is 9.18 Å². The highest BCUT2D eigenvalue weighted by Gasteiger charge is 2.16. The first-order chi connectivity index (χ1) is 8.58. The van der Waals surface area contributed by atoms with Gasteiger partial charge in [-0.1, -0.05) is 0 Å². The lowest BCUT2D eigenvalue weighted by Crippen LogP contribution is -2.26. The molecule has 5 nitrogen and oxygen atoms in total. The van der Waals surface area contributed by atoms with E-state index in [0.717, 1.165) is 11.6 Å². The molecule has 2 aromatic rings. The van der Waals surface area contributed by atoms with Gasteiger partial charge in [0.15, 0.2) is 0 Å². The molecule has 0 fully saturated rings. The number of nitrogens with one attached hydrogen (secondary N) is 1. The second-order valence-corrected chi connectivity index (χ2v) is 4.01. The Hall–Kier alpha value is -2.37. The van der Waals surface area contributed by atoms with E-state index >= 15 is 0 Å². The maximum Gasteiger partial charge on any atom is 0.256 e. The minimum Gasteiger partial charge on any atom is -0.399 e. The predicted molar refractivity (Wildman–Crippen MR) is 65.2 cm³/mol. The molecule has 0 saturated carbocycles. The molecule has 0 aliphatic carbocycles. The van der Waals surface area contributed by atoms with E-state index in [2.05, 4.69) is 10.2 Å². The van der Waals surface area contributed by atoms with Gasteiger partial charge in [-0.05, 0) is 18.2 Å². The Morgan fingerprint density at radius 1 is 1.56 bits per heavy atom. The van der Waals surface area contributed by atoms with Crippen LogP contribution in [0.25, 0.3) is 0 Å². The highest BCUT2D eigenvalue weighted by atomic mass is 19.1. The number of aromatic amines is 1. The summed E-state index contributed by atoms with van der Waals surface area (Å²) in [4.78, 5) is 13.4. The summed E-state index contributed by atoms with van der Waals surface area (Å²) in [6, 6.07) is 4.03. The van der Waals surface area contributed by atoms with Gasteiger partial charge in [0.2, 0.25) is 0 Å². The lowest BCUT2D eigenvalue weighted by atomic mass is 10.1. The van der Waals surface area contributed by atoms with Crippen molar-refractivity contribution in [3.05, 3.63) is 47.5 Å². The van der Waals surface area contributed by atoms with Crippen molar-refractivity contribution >= 4 is 11.6 Å². The first kappa shape index (κ1) is 12.1. The molecule has 94 valence electrons. The molecular weight excluding hydrogens is 235 g/mol. The molecule has 0 radical (unpaired) electrons. The summed E-state index contributed by atoms with van der Waals surface area (Å²) in [6.07, 6.45) is 3.30. The number of hydrogen-bond donors (Lipinski definition) is 2. The SMILES string of the molecule is CN(Cc1cn[nH]c1)C(=O)c1ccc(N)cc1F. The zero-order valence-electron chi connectivity index (χ0n) is 9.85. The maximum absolute atomic E-state index is 13.6. The van der Waals surface area contributed by atoms with Crippen molar-refractivity contribution in [1.29, 1.82) is 0 Å². The van der Waals surface area contributed by atoms with Crippen molar-refractivity contribution in [3.8, 4) is 0 Å². The van der Waals surface area contributed by atoms with Crippen molar-refractivity contribution < 1.29 is 9.18 Å². The Labute approximate surface area is 103 Å². The minimum atomic E-state index is -0.612. The molecule has 1 aromatic carbocycles. The average Bonchev–Trinajstić information content (AvgIpc) is 2.81.